The van der Waals surface area contributed by atoms with Crippen LogP contribution in [0.3, 0.4) is 0 Å². The molecular weight excluding hydrogens is 358 g/mol. The lowest BCUT2D eigenvalue weighted by Gasteiger charge is -2.31. The molecule has 0 amide bonds. The Hall–Kier alpha value is 0.0900. The van der Waals surface area contributed by atoms with Gasteiger partial charge in [-0.25, -0.2) is 8.42 Å². The van der Waals surface area contributed by atoms with Gasteiger partial charge in [-0.05, 0) is 60.3 Å². The highest BCUT2D eigenvalue weighted by atomic mass is 79.9. The summed E-state index contributed by atoms with van der Waals surface area (Å²) in [7, 11) is -2.98. The van der Waals surface area contributed by atoms with E-state index in [-0.39, 0.29) is 11.3 Å². The normalized spacial score (nSPS) is 23.6. The number of sulfone groups is 1. The van der Waals surface area contributed by atoms with Gasteiger partial charge in [0, 0.05) is 4.88 Å². The number of thiophene rings is 1. The first-order valence-corrected chi connectivity index (χ1v) is 10.5. The summed E-state index contributed by atoms with van der Waals surface area (Å²) >= 11 is 5.19. The smallest absolute Gasteiger partial charge is 0.155 e. The molecule has 0 radical (unpaired) electrons. The van der Waals surface area contributed by atoms with Gasteiger partial charge in [0.25, 0.3) is 0 Å². The van der Waals surface area contributed by atoms with Gasteiger partial charge in [0.1, 0.15) is 0 Å². The largest absolute Gasteiger partial charge is 0.309 e. The number of halogens is 1. The molecule has 20 heavy (non-hydrogen) atoms. The zero-order valence-corrected chi connectivity index (χ0v) is 15.2. The molecular formula is C14H22BrNO2S2. The summed E-state index contributed by atoms with van der Waals surface area (Å²) < 4.78 is 25.9. The lowest BCUT2D eigenvalue weighted by molar-refractivity contribution is 0.446. The van der Waals surface area contributed by atoms with Crippen molar-refractivity contribution in [3.8, 4) is 0 Å². The molecule has 2 rings (SSSR count). The second-order valence-electron chi connectivity index (χ2n) is 5.40. The van der Waals surface area contributed by atoms with Crippen LogP contribution in [-0.2, 0) is 9.84 Å². The SMILES string of the molecule is CCCNC(c1cc(Br)sc1C)C1CCCCS1(=O)=O. The van der Waals surface area contributed by atoms with Crippen LogP contribution in [0.2, 0.25) is 0 Å². The first kappa shape index (κ1) is 16.5. The third kappa shape index (κ3) is 3.64. The maximum atomic E-state index is 12.4. The molecule has 114 valence electrons. The summed E-state index contributed by atoms with van der Waals surface area (Å²) in [5.74, 6) is 0.340. The van der Waals surface area contributed by atoms with Crippen molar-refractivity contribution in [3.05, 3.63) is 20.3 Å². The number of rotatable bonds is 5. The van der Waals surface area contributed by atoms with Crippen LogP contribution in [0.4, 0.5) is 0 Å². The van der Waals surface area contributed by atoms with Crippen LogP contribution in [0.25, 0.3) is 0 Å². The fourth-order valence-electron chi connectivity index (χ4n) is 2.86. The molecule has 3 nitrogen and oxygen atoms in total. The van der Waals surface area contributed by atoms with E-state index in [4.69, 9.17) is 0 Å². The molecule has 2 unspecified atom stereocenters. The molecule has 0 saturated carbocycles. The van der Waals surface area contributed by atoms with E-state index in [0.717, 1.165) is 41.6 Å². The average Bonchev–Trinajstić information content (AvgIpc) is 2.70. The van der Waals surface area contributed by atoms with Crippen molar-refractivity contribution in [2.75, 3.05) is 12.3 Å². The highest BCUT2D eigenvalue weighted by molar-refractivity contribution is 9.11. The molecule has 1 aromatic rings. The quantitative estimate of drug-likeness (QED) is 0.845. The van der Waals surface area contributed by atoms with E-state index in [1.807, 2.05) is 0 Å². The number of aryl methyl sites for hydroxylation is 1. The lowest BCUT2D eigenvalue weighted by Crippen LogP contribution is -2.41. The molecule has 0 bridgehead atoms. The molecule has 1 aliphatic rings. The minimum Gasteiger partial charge on any atom is -0.309 e. The van der Waals surface area contributed by atoms with Crippen LogP contribution in [0, 0.1) is 6.92 Å². The number of hydrogen-bond acceptors (Lipinski definition) is 4. The van der Waals surface area contributed by atoms with Crippen molar-refractivity contribution >= 4 is 37.1 Å². The monoisotopic (exact) mass is 379 g/mol. The van der Waals surface area contributed by atoms with Gasteiger partial charge in [-0.3, -0.25) is 0 Å². The van der Waals surface area contributed by atoms with Crippen molar-refractivity contribution in [2.45, 2.75) is 50.8 Å². The zero-order chi connectivity index (χ0) is 14.8. The molecule has 0 aliphatic carbocycles. The van der Waals surface area contributed by atoms with Crippen molar-refractivity contribution in [3.63, 3.8) is 0 Å². The molecule has 1 aliphatic heterocycles. The van der Waals surface area contributed by atoms with Crippen molar-refractivity contribution < 1.29 is 8.42 Å². The standard InChI is InChI=1S/C14H22BrNO2S2/c1-3-7-16-14(11-9-13(15)19-10(11)2)12-6-4-5-8-20(12,17)18/h9,12,14,16H,3-8H2,1-2H3. The minimum atomic E-state index is -2.98. The van der Waals surface area contributed by atoms with Crippen molar-refractivity contribution in [1.82, 2.24) is 5.32 Å². The molecule has 2 heterocycles. The third-order valence-electron chi connectivity index (χ3n) is 3.88. The van der Waals surface area contributed by atoms with Crippen LogP contribution < -0.4 is 5.32 Å². The van der Waals surface area contributed by atoms with E-state index in [0.29, 0.717) is 5.75 Å². The van der Waals surface area contributed by atoms with Gasteiger partial charge in [-0.2, -0.15) is 0 Å². The Morgan fingerprint density at radius 2 is 2.25 bits per heavy atom. The van der Waals surface area contributed by atoms with Gasteiger partial charge >= 0.3 is 0 Å². The summed E-state index contributed by atoms with van der Waals surface area (Å²) in [6.45, 7) is 5.03. The molecule has 2 atom stereocenters. The van der Waals surface area contributed by atoms with Gasteiger partial charge in [0.2, 0.25) is 0 Å². The second kappa shape index (κ2) is 6.90. The van der Waals surface area contributed by atoms with Crippen LogP contribution in [-0.4, -0.2) is 26.0 Å². The Morgan fingerprint density at radius 1 is 1.50 bits per heavy atom. The third-order valence-corrected chi connectivity index (χ3v) is 7.73. The average molecular weight is 380 g/mol. The molecule has 0 spiro atoms. The first-order chi connectivity index (χ1) is 9.45. The number of nitrogens with one attached hydrogen (secondary N) is 1. The Kier molecular flexibility index (Phi) is 5.68. The first-order valence-electron chi connectivity index (χ1n) is 7.16. The predicted octanol–water partition coefficient (Wildman–Crippen LogP) is 3.83. The second-order valence-corrected chi connectivity index (χ2v) is 10.4. The fraction of sp³-hybridized carbons (Fsp3) is 0.714. The maximum Gasteiger partial charge on any atom is 0.155 e. The Bertz CT molecular complexity index is 554. The van der Waals surface area contributed by atoms with E-state index in [2.05, 4.69) is 41.2 Å². The topological polar surface area (TPSA) is 46.2 Å². The van der Waals surface area contributed by atoms with Crippen molar-refractivity contribution in [2.24, 2.45) is 0 Å². The van der Waals surface area contributed by atoms with Gasteiger partial charge in [-0.1, -0.05) is 13.3 Å². The molecule has 1 aromatic heterocycles. The van der Waals surface area contributed by atoms with Crippen LogP contribution in [0.1, 0.15) is 49.1 Å². The number of hydrogen-bond donors (Lipinski definition) is 1. The van der Waals surface area contributed by atoms with E-state index in [9.17, 15) is 8.42 Å². The maximum absolute atomic E-state index is 12.4. The van der Waals surface area contributed by atoms with Crippen molar-refractivity contribution in [1.29, 1.82) is 0 Å². The summed E-state index contributed by atoms with van der Waals surface area (Å²) in [5.41, 5.74) is 1.14. The summed E-state index contributed by atoms with van der Waals surface area (Å²) in [5, 5.41) is 3.20. The van der Waals surface area contributed by atoms with Crippen LogP contribution in [0.5, 0.6) is 0 Å². The summed E-state index contributed by atoms with van der Waals surface area (Å²) in [6, 6.07) is 2.01. The van der Waals surface area contributed by atoms with Crippen LogP contribution in [0.15, 0.2) is 9.85 Å². The van der Waals surface area contributed by atoms with Gasteiger partial charge in [0.15, 0.2) is 9.84 Å². The van der Waals surface area contributed by atoms with Gasteiger partial charge in [0.05, 0.1) is 20.8 Å². The highest BCUT2D eigenvalue weighted by Crippen LogP contribution is 2.37. The molecule has 0 aromatic carbocycles. The van der Waals surface area contributed by atoms with E-state index < -0.39 is 9.84 Å². The van der Waals surface area contributed by atoms with E-state index >= 15 is 0 Å². The Labute approximate surface area is 134 Å². The molecule has 6 heteroatoms. The highest BCUT2D eigenvalue weighted by Gasteiger charge is 2.37. The molecule has 1 saturated heterocycles. The van der Waals surface area contributed by atoms with Gasteiger partial charge < -0.3 is 5.32 Å². The zero-order valence-electron chi connectivity index (χ0n) is 12.0. The predicted molar refractivity (Wildman–Crippen MR) is 89.2 cm³/mol. The van der Waals surface area contributed by atoms with E-state index in [1.54, 1.807) is 11.3 Å². The molecule has 1 fully saturated rings. The summed E-state index contributed by atoms with van der Waals surface area (Å²) in [6.07, 6.45) is 3.61. The van der Waals surface area contributed by atoms with E-state index in [1.165, 1.54) is 4.88 Å². The van der Waals surface area contributed by atoms with Crippen LogP contribution >= 0.6 is 27.3 Å². The fourth-order valence-corrected chi connectivity index (χ4v) is 6.71. The Morgan fingerprint density at radius 3 is 2.80 bits per heavy atom. The molecule has 1 N–H and O–H groups in total. The van der Waals surface area contributed by atoms with Gasteiger partial charge in [-0.15, -0.1) is 11.3 Å². The Balaban J connectivity index is 2.34. The lowest BCUT2D eigenvalue weighted by atomic mass is 10.00. The minimum absolute atomic E-state index is 0.0669. The summed E-state index contributed by atoms with van der Waals surface area (Å²) in [4.78, 5) is 1.20.